The summed E-state index contributed by atoms with van der Waals surface area (Å²) in [6, 6.07) is 13.9. The van der Waals surface area contributed by atoms with Crippen molar-refractivity contribution in [3.05, 3.63) is 71.2 Å². The molecule has 4 rings (SSSR count). The summed E-state index contributed by atoms with van der Waals surface area (Å²) in [5.74, 6) is -0.165. The van der Waals surface area contributed by atoms with Crippen molar-refractivity contribution in [1.82, 2.24) is 9.88 Å². The van der Waals surface area contributed by atoms with Crippen LogP contribution in [0.4, 0.5) is 4.39 Å². The molecule has 0 spiro atoms. The number of allylic oxidation sites excluding steroid dienone is 1. The van der Waals surface area contributed by atoms with E-state index in [4.69, 9.17) is 4.74 Å². The third kappa shape index (κ3) is 3.42. The van der Waals surface area contributed by atoms with Gasteiger partial charge >= 0.3 is 0 Å². The van der Waals surface area contributed by atoms with Gasteiger partial charge in [0.25, 0.3) is 0 Å². The summed E-state index contributed by atoms with van der Waals surface area (Å²) in [4.78, 5) is 5.79. The second-order valence-electron chi connectivity index (χ2n) is 8.21. The van der Waals surface area contributed by atoms with Crippen molar-refractivity contribution in [3.8, 4) is 5.75 Å². The molecule has 30 heavy (non-hydrogen) atoms. The van der Waals surface area contributed by atoms with E-state index in [2.05, 4.69) is 60.4 Å². The fourth-order valence-corrected chi connectivity index (χ4v) is 4.79. The van der Waals surface area contributed by atoms with Gasteiger partial charge in [0.2, 0.25) is 0 Å². The van der Waals surface area contributed by atoms with Crippen molar-refractivity contribution >= 4 is 16.5 Å². The van der Waals surface area contributed by atoms with Crippen LogP contribution < -0.4 is 4.74 Å². The molecule has 1 aliphatic rings. The number of aliphatic hydroxyl groups excluding tert-OH is 1. The molecule has 0 bridgehead atoms. The smallest absolute Gasteiger partial charge is 0.165 e. The molecule has 1 aromatic heterocycles. The molecule has 1 unspecified atom stereocenters. The molecule has 158 valence electrons. The fraction of sp³-hybridized carbons (Fsp3) is 0.360. The van der Waals surface area contributed by atoms with Crippen LogP contribution in [0.2, 0.25) is 0 Å². The molecule has 2 N–H and O–H groups in total. The summed E-state index contributed by atoms with van der Waals surface area (Å²) in [7, 11) is 5.75. The Balaban J connectivity index is 1.77. The Morgan fingerprint density at radius 1 is 1.20 bits per heavy atom. The number of fused-ring (bicyclic) bond motifs is 1. The van der Waals surface area contributed by atoms with Crippen LogP contribution in [0.15, 0.2) is 48.5 Å². The lowest BCUT2D eigenvalue weighted by molar-refractivity contribution is 0.138. The van der Waals surface area contributed by atoms with E-state index < -0.39 is 0 Å². The Kier molecular flexibility index (Phi) is 5.67. The third-order valence-electron chi connectivity index (χ3n) is 6.52. The summed E-state index contributed by atoms with van der Waals surface area (Å²) in [5, 5.41) is 10.4. The van der Waals surface area contributed by atoms with E-state index in [-0.39, 0.29) is 23.7 Å². The first-order chi connectivity index (χ1) is 14.5. The predicted octanol–water partition coefficient (Wildman–Crippen LogP) is 4.87. The number of benzene rings is 2. The number of ether oxygens (including phenoxy) is 1. The Hall–Kier alpha value is -2.63. The van der Waals surface area contributed by atoms with Crippen LogP contribution in [0.3, 0.4) is 0 Å². The minimum absolute atomic E-state index is 0.0204. The van der Waals surface area contributed by atoms with Crippen LogP contribution >= 0.6 is 0 Å². The number of aromatic nitrogens is 1. The fourth-order valence-electron chi connectivity index (χ4n) is 4.79. The summed E-state index contributed by atoms with van der Waals surface area (Å²) in [6.45, 7) is 0.0204. The quantitative estimate of drug-likeness (QED) is 0.611. The molecule has 5 heteroatoms. The summed E-state index contributed by atoms with van der Waals surface area (Å²) < 4.78 is 19.5. The number of aliphatic hydroxyl groups is 1. The van der Waals surface area contributed by atoms with Gasteiger partial charge < -0.3 is 14.8 Å². The highest BCUT2D eigenvalue weighted by Gasteiger charge is 2.36. The number of rotatable bonds is 6. The van der Waals surface area contributed by atoms with E-state index in [1.807, 2.05) is 0 Å². The normalized spacial score (nSPS) is 19.3. The van der Waals surface area contributed by atoms with Crippen molar-refractivity contribution < 1.29 is 14.2 Å². The average molecular weight is 409 g/mol. The molecule has 0 saturated carbocycles. The maximum Gasteiger partial charge on any atom is 0.165 e. The maximum atomic E-state index is 14.3. The maximum absolute atomic E-state index is 14.3. The lowest BCUT2D eigenvalue weighted by Crippen LogP contribution is -2.42. The third-order valence-corrected chi connectivity index (χ3v) is 6.52. The molecule has 0 saturated heterocycles. The molecule has 1 aliphatic carbocycles. The van der Waals surface area contributed by atoms with Gasteiger partial charge in [-0.3, -0.25) is 4.90 Å². The van der Waals surface area contributed by atoms with Crippen molar-refractivity contribution in [1.29, 1.82) is 0 Å². The monoisotopic (exact) mass is 408 g/mol. The number of H-pyrrole nitrogens is 1. The molecule has 4 nitrogen and oxygen atoms in total. The number of halogens is 1. The van der Waals surface area contributed by atoms with Crippen molar-refractivity contribution in [2.24, 2.45) is 0 Å². The van der Waals surface area contributed by atoms with E-state index in [0.29, 0.717) is 6.42 Å². The highest BCUT2D eigenvalue weighted by molar-refractivity contribution is 5.90. The zero-order valence-corrected chi connectivity index (χ0v) is 17.8. The Bertz CT molecular complexity index is 1070. The van der Waals surface area contributed by atoms with E-state index in [1.54, 1.807) is 6.07 Å². The van der Waals surface area contributed by atoms with Gasteiger partial charge in [-0.05, 0) is 62.5 Å². The predicted molar refractivity (Wildman–Crippen MR) is 119 cm³/mol. The molecule has 0 aliphatic heterocycles. The molecule has 2 aromatic carbocycles. The Morgan fingerprint density at radius 3 is 2.57 bits per heavy atom. The Morgan fingerprint density at radius 2 is 1.97 bits per heavy atom. The zero-order valence-electron chi connectivity index (χ0n) is 17.8. The summed E-state index contributed by atoms with van der Waals surface area (Å²) in [6.07, 6.45) is 5.57. The molecule has 3 aromatic rings. The lowest BCUT2D eigenvalue weighted by Gasteiger charge is -2.43. The standard InChI is InChI=1S/C25H29FN2O2/c1-28(2)25(18-7-5-4-6-8-18)12-9-17(10-13-25)24-19(11-14-29)20-15-21(26)23(30-3)16-22(20)27-24/h4-9,15-16,27,29H,10-14H2,1-3H3. The number of aromatic amines is 1. The number of nitrogens with zero attached hydrogens (tertiary/aromatic N) is 1. The van der Waals surface area contributed by atoms with E-state index in [9.17, 15) is 9.50 Å². The molecule has 0 fully saturated rings. The largest absolute Gasteiger partial charge is 0.494 e. The van der Waals surface area contributed by atoms with Crippen LogP contribution in [0.25, 0.3) is 16.5 Å². The average Bonchev–Trinajstić information content (AvgIpc) is 3.11. The van der Waals surface area contributed by atoms with Crippen molar-refractivity contribution in [2.45, 2.75) is 31.2 Å². The molecular weight excluding hydrogens is 379 g/mol. The second-order valence-corrected chi connectivity index (χ2v) is 8.21. The van der Waals surface area contributed by atoms with Crippen LogP contribution in [-0.4, -0.2) is 42.8 Å². The first-order valence-corrected chi connectivity index (χ1v) is 10.4. The van der Waals surface area contributed by atoms with Gasteiger partial charge in [-0.15, -0.1) is 0 Å². The zero-order chi connectivity index (χ0) is 21.3. The van der Waals surface area contributed by atoms with Gasteiger partial charge in [0.05, 0.1) is 12.6 Å². The number of nitrogens with one attached hydrogen (secondary N) is 1. The van der Waals surface area contributed by atoms with Gasteiger partial charge in [0, 0.05) is 29.3 Å². The van der Waals surface area contributed by atoms with Gasteiger partial charge in [0.15, 0.2) is 11.6 Å². The van der Waals surface area contributed by atoms with Crippen LogP contribution in [0.1, 0.15) is 36.1 Å². The minimum Gasteiger partial charge on any atom is -0.494 e. The second kappa shape index (κ2) is 8.25. The minimum atomic E-state index is -0.386. The van der Waals surface area contributed by atoms with E-state index in [0.717, 1.165) is 41.4 Å². The van der Waals surface area contributed by atoms with Gasteiger partial charge in [-0.1, -0.05) is 36.4 Å². The van der Waals surface area contributed by atoms with Gasteiger partial charge in [-0.25, -0.2) is 4.39 Å². The molecule has 1 atom stereocenters. The number of hydrogen-bond donors (Lipinski definition) is 2. The SMILES string of the molecule is COc1cc2[nH]c(C3=CCC(c4ccccc4)(N(C)C)CC3)c(CCO)c2cc1F. The summed E-state index contributed by atoms with van der Waals surface area (Å²) >= 11 is 0. The topological polar surface area (TPSA) is 48.5 Å². The number of methoxy groups -OCH3 is 1. The van der Waals surface area contributed by atoms with Crippen LogP contribution in [0, 0.1) is 5.82 Å². The number of hydrogen-bond acceptors (Lipinski definition) is 3. The molecular formula is C25H29FN2O2. The summed E-state index contributed by atoms with van der Waals surface area (Å²) in [5.41, 5.74) is 5.32. The highest BCUT2D eigenvalue weighted by atomic mass is 19.1. The van der Waals surface area contributed by atoms with Crippen molar-refractivity contribution in [2.75, 3.05) is 27.8 Å². The molecule has 0 amide bonds. The van der Waals surface area contributed by atoms with Crippen LogP contribution in [0.5, 0.6) is 5.75 Å². The Labute approximate surface area is 177 Å². The van der Waals surface area contributed by atoms with Crippen molar-refractivity contribution in [3.63, 3.8) is 0 Å². The van der Waals surface area contributed by atoms with Gasteiger partial charge in [0.1, 0.15) is 0 Å². The highest BCUT2D eigenvalue weighted by Crippen LogP contribution is 2.44. The molecule has 1 heterocycles. The van der Waals surface area contributed by atoms with E-state index >= 15 is 0 Å². The van der Waals surface area contributed by atoms with E-state index in [1.165, 1.54) is 24.3 Å². The van der Waals surface area contributed by atoms with Gasteiger partial charge in [-0.2, -0.15) is 0 Å². The first kappa shape index (κ1) is 20.6. The van der Waals surface area contributed by atoms with Crippen LogP contribution in [-0.2, 0) is 12.0 Å². The molecule has 0 radical (unpaired) electrons. The first-order valence-electron chi connectivity index (χ1n) is 10.4. The lowest BCUT2D eigenvalue weighted by atomic mass is 9.75.